The fourth-order valence-electron chi connectivity index (χ4n) is 7.01. The fraction of sp³-hybridized carbons (Fsp3) is 0.967. The summed E-state index contributed by atoms with van der Waals surface area (Å²) in [4.78, 5) is 11.8. The van der Waals surface area contributed by atoms with Crippen LogP contribution in [-0.2, 0) is 62.0 Å². The van der Waals surface area contributed by atoms with E-state index in [1.54, 1.807) is 0 Å². The molecule has 0 bridgehead atoms. The Morgan fingerprint density at radius 1 is 0.439 bits per heavy atom. The van der Waals surface area contributed by atoms with Crippen LogP contribution in [0.5, 0.6) is 0 Å². The maximum atomic E-state index is 11.8. The molecule has 0 radical (unpaired) electrons. The number of aliphatic hydroxyl groups excluding tert-OH is 11. The van der Waals surface area contributed by atoms with E-state index >= 15 is 0 Å². The number of hydrogen-bond donors (Lipinski definition) is 13. The van der Waals surface area contributed by atoms with E-state index in [0.29, 0.717) is 0 Å². The molecular weight excluding hydrogens is 808 g/mol. The maximum Gasteiger partial charge on any atom is 0.397 e. The molecule has 0 unspecified atom stereocenters. The van der Waals surface area contributed by atoms with E-state index in [1.807, 2.05) is 0 Å². The van der Waals surface area contributed by atoms with E-state index in [-0.39, 0.29) is 0 Å². The van der Waals surface area contributed by atoms with Crippen molar-refractivity contribution < 1.29 is 126 Å². The molecule has 0 aliphatic carbocycles. The minimum Gasteiger partial charge on any atom is -0.479 e. The highest BCUT2D eigenvalue weighted by atomic mass is 32.3. The van der Waals surface area contributed by atoms with Gasteiger partial charge in [0.05, 0.1) is 24.4 Å². The SMILES string of the molecule is C[C@@H]1O[C@H](O)[C@@H](O)[C@H](O[C@H]2O[C@@H](C)[C@H](O)[C@@H](O[C@H]3O[C@@H](C)[C@H](O)[C@@H](O[C@H]4O[C@@H](C)[C@H](OS(=O)(=O)O)[C@@H](O)[C@@H]4O)[C@@H]3O)[C@@H]2O[C@@H]2O[C@H](C(=O)O)[C@@H](O)[C@H](O)[C@H]2O)[C@H]1O. The first-order valence-corrected chi connectivity index (χ1v) is 19.1. The van der Waals surface area contributed by atoms with Crippen molar-refractivity contribution >= 4 is 16.4 Å². The molecule has 5 saturated heterocycles. The molecule has 5 rings (SSSR count). The lowest BCUT2D eigenvalue weighted by Gasteiger charge is -2.50. The molecule has 26 nitrogen and oxygen atoms in total. The number of ether oxygens (including phenoxy) is 9. The Kier molecular flexibility index (Phi) is 14.9. The van der Waals surface area contributed by atoms with Gasteiger partial charge in [-0.15, -0.1) is 0 Å². The Morgan fingerprint density at radius 3 is 1.44 bits per heavy atom. The Hall–Kier alpha value is -1.46. The van der Waals surface area contributed by atoms with Gasteiger partial charge in [-0.3, -0.25) is 4.55 Å². The number of rotatable bonds is 11. The molecule has 5 fully saturated rings. The van der Waals surface area contributed by atoms with Crippen molar-refractivity contribution in [2.45, 2.75) is 181 Å². The first-order chi connectivity index (χ1) is 26.4. The monoisotopic (exact) mass is 858 g/mol. The summed E-state index contributed by atoms with van der Waals surface area (Å²) in [5.41, 5.74) is 0. The summed E-state index contributed by atoms with van der Waals surface area (Å²) in [6.45, 7) is 5.08. The minimum atomic E-state index is -5.13. The summed E-state index contributed by atoms with van der Waals surface area (Å²) in [5.74, 6) is -1.79. The molecule has 0 amide bonds. The quantitative estimate of drug-likeness (QED) is 0.0858. The van der Waals surface area contributed by atoms with Crippen LogP contribution in [0.25, 0.3) is 0 Å². The van der Waals surface area contributed by atoms with Crippen molar-refractivity contribution in [3.63, 3.8) is 0 Å². The summed E-state index contributed by atoms with van der Waals surface area (Å²) in [6.07, 6.45) is -46.5. The van der Waals surface area contributed by atoms with Gasteiger partial charge in [-0.2, -0.15) is 8.42 Å². The smallest absolute Gasteiger partial charge is 0.397 e. The van der Waals surface area contributed by atoms with E-state index in [2.05, 4.69) is 4.18 Å². The summed E-state index contributed by atoms with van der Waals surface area (Å²) in [5, 5.41) is 128. The molecule has 0 spiro atoms. The van der Waals surface area contributed by atoms with E-state index in [9.17, 15) is 74.5 Å². The molecular formula is C30H50O26S. The largest absolute Gasteiger partial charge is 0.479 e. The summed E-state index contributed by atoms with van der Waals surface area (Å²) in [7, 11) is -5.13. The second-order valence-electron chi connectivity index (χ2n) is 14.4. The zero-order chi connectivity index (χ0) is 42.6. The summed E-state index contributed by atoms with van der Waals surface area (Å²) >= 11 is 0. The molecule has 57 heavy (non-hydrogen) atoms. The Balaban J connectivity index is 1.44. The van der Waals surface area contributed by atoms with Crippen molar-refractivity contribution in [2.24, 2.45) is 0 Å². The fourth-order valence-corrected chi connectivity index (χ4v) is 7.56. The van der Waals surface area contributed by atoms with Crippen LogP contribution >= 0.6 is 0 Å². The Labute approximate surface area is 323 Å². The van der Waals surface area contributed by atoms with E-state index in [1.165, 1.54) is 27.7 Å². The summed E-state index contributed by atoms with van der Waals surface area (Å²) in [6, 6.07) is 0. The molecule has 0 aromatic heterocycles. The lowest BCUT2D eigenvalue weighted by Crippen LogP contribution is -2.68. The van der Waals surface area contributed by atoms with Crippen molar-refractivity contribution in [2.75, 3.05) is 0 Å². The van der Waals surface area contributed by atoms with Gasteiger partial charge in [0.15, 0.2) is 37.6 Å². The van der Waals surface area contributed by atoms with Gasteiger partial charge in [-0.05, 0) is 27.7 Å². The van der Waals surface area contributed by atoms with Gasteiger partial charge in [-0.1, -0.05) is 0 Å². The first kappa shape index (κ1) is 46.6. The normalized spacial score (nSPS) is 52.7. The van der Waals surface area contributed by atoms with Crippen LogP contribution in [0.1, 0.15) is 27.7 Å². The average Bonchev–Trinajstić information content (AvgIpc) is 3.13. The Bertz CT molecular complexity index is 1450. The number of aliphatic hydroxyl groups is 11. The van der Waals surface area contributed by atoms with E-state index in [0.717, 1.165) is 0 Å². The summed E-state index contributed by atoms with van der Waals surface area (Å²) < 4.78 is 86.5. The number of hydrogen-bond acceptors (Lipinski definition) is 24. The predicted molar refractivity (Wildman–Crippen MR) is 172 cm³/mol. The van der Waals surface area contributed by atoms with Gasteiger partial charge in [0.2, 0.25) is 0 Å². The molecule has 332 valence electrons. The van der Waals surface area contributed by atoms with Crippen molar-refractivity contribution in [3.8, 4) is 0 Å². The van der Waals surface area contributed by atoms with E-state index < -0.39 is 170 Å². The van der Waals surface area contributed by atoms with Gasteiger partial charge in [0.1, 0.15) is 91.6 Å². The van der Waals surface area contributed by atoms with Gasteiger partial charge in [-0.25, -0.2) is 8.98 Å². The van der Waals surface area contributed by atoms with Gasteiger partial charge in [0.25, 0.3) is 0 Å². The van der Waals surface area contributed by atoms with Crippen molar-refractivity contribution in [3.05, 3.63) is 0 Å². The van der Waals surface area contributed by atoms with Crippen molar-refractivity contribution in [1.29, 1.82) is 0 Å². The average molecular weight is 859 g/mol. The van der Waals surface area contributed by atoms with Crippen LogP contribution < -0.4 is 0 Å². The van der Waals surface area contributed by atoms with Crippen LogP contribution in [-0.4, -0.2) is 234 Å². The van der Waals surface area contributed by atoms with Crippen LogP contribution in [0.2, 0.25) is 0 Å². The zero-order valence-electron chi connectivity index (χ0n) is 30.5. The third-order valence-electron chi connectivity index (χ3n) is 10.3. The molecule has 0 aromatic carbocycles. The molecule has 0 saturated carbocycles. The molecule has 13 N–H and O–H groups in total. The van der Waals surface area contributed by atoms with Crippen LogP contribution in [0.15, 0.2) is 0 Å². The third kappa shape index (κ3) is 9.86. The highest BCUT2D eigenvalue weighted by molar-refractivity contribution is 7.80. The topological polar surface area (TPSA) is 407 Å². The first-order valence-electron chi connectivity index (χ1n) is 17.7. The predicted octanol–water partition coefficient (Wildman–Crippen LogP) is -7.89. The third-order valence-corrected chi connectivity index (χ3v) is 10.8. The standard InChI is InChI=1S/C30H50O26S/c1-5-9(31)20(17(39)26(43)47-5)52-30-24(55-28-15(37)12(34)13(35)23(54-28)25(41)42)22(11(33)7(3)49-30)53-29-18(40)21(10(32)6(2)48-29)51-27-16(38)14(36)19(8(4)50-27)56-57(44,45)46/h5-24,26-40,43H,1-4H3,(H,41,42)(H,44,45,46)/t5-,6-,7-,8-,9-,10-,11-,12-,13-,14-,15+,16-,17-,18-,19-,20+,21+,22+,23-,24-,26-,27+,28-,29+,30+/m0/s1. The molecule has 0 aromatic rings. The number of carboxylic acids is 1. The molecule has 5 heterocycles. The molecule has 5 aliphatic rings. The Morgan fingerprint density at radius 2 is 0.860 bits per heavy atom. The van der Waals surface area contributed by atoms with Gasteiger partial charge < -0.3 is 104 Å². The second-order valence-corrected chi connectivity index (χ2v) is 15.5. The van der Waals surface area contributed by atoms with Crippen LogP contribution in [0.4, 0.5) is 0 Å². The van der Waals surface area contributed by atoms with Gasteiger partial charge in [0, 0.05) is 0 Å². The lowest BCUT2D eigenvalue weighted by atomic mass is 9.95. The van der Waals surface area contributed by atoms with Gasteiger partial charge >= 0.3 is 16.4 Å². The second kappa shape index (κ2) is 18.3. The highest BCUT2D eigenvalue weighted by Crippen LogP contribution is 2.37. The zero-order valence-corrected chi connectivity index (χ0v) is 31.3. The van der Waals surface area contributed by atoms with E-state index in [4.69, 9.17) is 47.2 Å². The molecule has 27 heteroatoms. The molecule has 25 atom stereocenters. The maximum absolute atomic E-state index is 11.8. The van der Waals surface area contributed by atoms with Crippen LogP contribution in [0, 0.1) is 0 Å². The lowest BCUT2D eigenvalue weighted by molar-refractivity contribution is -0.404. The van der Waals surface area contributed by atoms with Crippen LogP contribution in [0.3, 0.4) is 0 Å². The highest BCUT2D eigenvalue weighted by Gasteiger charge is 2.57. The minimum absolute atomic E-state index is 1.14. The van der Waals surface area contributed by atoms with Crippen molar-refractivity contribution in [1.82, 2.24) is 0 Å². The number of aliphatic carboxylic acids is 1. The molecule has 5 aliphatic heterocycles. The number of carboxylic acid groups (broad SMARTS) is 1. The number of carbonyl (C=O) groups is 1.